The van der Waals surface area contributed by atoms with Gasteiger partial charge in [-0.25, -0.2) is 0 Å². The number of rotatable bonds is 4. The molecule has 0 aromatic carbocycles. The fourth-order valence-corrected chi connectivity index (χ4v) is 3.68. The summed E-state index contributed by atoms with van der Waals surface area (Å²) < 4.78 is 1.94. The molecule has 1 saturated carbocycles. The van der Waals surface area contributed by atoms with Gasteiger partial charge in [-0.1, -0.05) is 13.8 Å². The summed E-state index contributed by atoms with van der Waals surface area (Å²) in [5, 5.41) is 13.9. The van der Waals surface area contributed by atoms with Crippen LogP contribution < -0.4 is 5.32 Å². The van der Waals surface area contributed by atoms with Crippen LogP contribution >= 0.6 is 31.9 Å². The Hall–Kier alpha value is 0.0300. The summed E-state index contributed by atoms with van der Waals surface area (Å²) in [6.45, 7) is 5.86. The van der Waals surface area contributed by atoms with Crippen molar-refractivity contribution in [3.05, 3.63) is 26.9 Å². The third-order valence-electron chi connectivity index (χ3n) is 4.16. The van der Waals surface area contributed by atoms with Crippen molar-refractivity contribution in [3.8, 4) is 0 Å². The van der Waals surface area contributed by atoms with E-state index in [1.807, 2.05) is 6.07 Å². The molecule has 1 aliphatic rings. The first-order chi connectivity index (χ1) is 9.30. The summed E-state index contributed by atoms with van der Waals surface area (Å²) in [4.78, 5) is 4.37. The quantitative estimate of drug-likeness (QED) is 0.794. The maximum absolute atomic E-state index is 10.6. The number of hydrogen-bond acceptors (Lipinski definition) is 3. The Kier molecular flexibility index (Phi) is 5.27. The number of nitrogens with one attached hydrogen (secondary N) is 1. The standard InChI is InChI=1S/C15H22Br2N2O/c1-14(2)3-5-15(20,6-4-14)10-18-9-13-12(17)7-11(16)8-19-13/h7-8,18,20H,3-6,9-10H2,1-2H3. The molecule has 1 aromatic heterocycles. The van der Waals surface area contributed by atoms with Crippen LogP contribution in [0.15, 0.2) is 21.2 Å². The molecule has 0 spiro atoms. The number of aromatic nitrogens is 1. The summed E-state index contributed by atoms with van der Waals surface area (Å²) in [5.74, 6) is 0. The van der Waals surface area contributed by atoms with Crippen LogP contribution in [0, 0.1) is 5.41 Å². The van der Waals surface area contributed by atoms with Crippen molar-refractivity contribution in [2.45, 2.75) is 51.7 Å². The van der Waals surface area contributed by atoms with Gasteiger partial charge in [0, 0.05) is 28.2 Å². The monoisotopic (exact) mass is 404 g/mol. The van der Waals surface area contributed by atoms with Gasteiger partial charge >= 0.3 is 0 Å². The highest BCUT2D eigenvalue weighted by Crippen LogP contribution is 2.39. The Morgan fingerprint density at radius 2 is 1.90 bits per heavy atom. The van der Waals surface area contributed by atoms with Crippen molar-refractivity contribution in [1.29, 1.82) is 0 Å². The van der Waals surface area contributed by atoms with Crippen molar-refractivity contribution in [2.75, 3.05) is 6.54 Å². The maximum atomic E-state index is 10.6. The summed E-state index contributed by atoms with van der Waals surface area (Å²) in [6, 6.07) is 1.99. The van der Waals surface area contributed by atoms with Gasteiger partial charge in [0.2, 0.25) is 0 Å². The fraction of sp³-hybridized carbons (Fsp3) is 0.667. The molecule has 0 amide bonds. The Morgan fingerprint density at radius 3 is 2.50 bits per heavy atom. The zero-order valence-corrected chi connectivity index (χ0v) is 15.2. The second-order valence-electron chi connectivity index (χ2n) is 6.57. The van der Waals surface area contributed by atoms with E-state index in [0.29, 0.717) is 18.5 Å². The molecular weight excluding hydrogens is 384 g/mol. The lowest BCUT2D eigenvalue weighted by Crippen LogP contribution is -2.44. The van der Waals surface area contributed by atoms with Gasteiger partial charge in [-0.05, 0) is 69.0 Å². The van der Waals surface area contributed by atoms with Crippen LogP contribution in [0.5, 0.6) is 0 Å². The average Bonchev–Trinajstić information content (AvgIpc) is 2.37. The molecule has 1 aromatic rings. The zero-order chi connectivity index (χ0) is 14.8. The van der Waals surface area contributed by atoms with Gasteiger partial charge in [0.25, 0.3) is 0 Å². The van der Waals surface area contributed by atoms with Gasteiger partial charge in [0.15, 0.2) is 0 Å². The number of nitrogens with zero attached hydrogens (tertiary/aromatic N) is 1. The number of aliphatic hydroxyl groups is 1. The molecule has 2 rings (SSSR count). The van der Waals surface area contributed by atoms with Crippen LogP contribution in [0.25, 0.3) is 0 Å². The molecule has 1 aliphatic carbocycles. The molecule has 0 radical (unpaired) electrons. The highest BCUT2D eigenvalue weighted by molar-refractivity contribution is 9.11. The SMILES string of the molecule is CC1(C)CCC(O)(CNCc2ncc(Br)cc2Br)CC1. The fourth-order valence-electron chi connectivity index (χ4n) is 2.56. The topological polar surface area (TPSA) is 45.1 Å². The van der Waals surface area contributed by atoms with E-state index in [1.54, 1.807) is 6.20 Å². The number of hydrogen-bond donors (Lipinski definition) is 2. The Balaban J connectivity index is 1.84. The van der Waals surface area contributed by atoms with E-state index in [4.69, 9.17) is 0 Å². The molecular formula is C15H22Br2N2O. The lowest BCUT2D eigenvalue weighted by atomic mass is 9.71. The summed E-state index contributed by atoms with van der Waals surface area (Å²) in [5.41, 5.74) is 0.785. The van der Waals surface area contributed by atoms with E-state index in [-0.39, 0.29) is 0 Å². The van der Waals surface area contributed by atoms with Crippen molar-refractivity contribution >= 4 is 31.9 Å². The average molecular weight is 406 g/mol. The van der Waals surface area contributed by atoms with Gasteiger partial charge < -0.3 is 10.4 Å². The summed E-state index contributed by atoms with van der Waals surface area (Å²) in [6.07, 6.45) is 5.72. The Morgan fingerprint density at radius 1 is 1.25 bits per heavy atom. The van der Waals surface area contributed by atoms with Gasteiger partial charge in [-0.3, -0.25) is 4.98 Å². The first-order valence-electron chi connectivity index (χ1n) is 7.03. The van der Waals surface area contributed by atoms with E-state index in [2.05, 4.69) is 56.0 Å². The molecule has 1 fully saturated rings. The van der Waals surface area contributed by atoms with Gasteiger partial charge in [-0.15, -0.1) is 0 Å². The predicted octanol–water partition coefficient (Wildman–Crippen LogP) is 4.03. The maximum Gasteiger partial charge on any atom is 0.0772 e. The van der Waals surface area contributed by atoms with E-state index in [0.717, 1.165) is 40.3 Å². The molecule has 0 aliphatic heterocycles. The van der Waals surface area contributed by atoms with Crippen LogP contribution in [0.4, 0.5) is 0 Å². The molecule has 0 atom stereocenters. The van der Waals surface area contributed by atoms with Crippen LogP contribution in [-0.4, -0.2) is 22.2 Å². The summed E-state index contributed by atoms with van der Waals surface area (Å²) >= 11 is 6.90. The number of halogens is 2. The van der Waals surface area contributed by atoms with Crippen molar-refractivity contribution in [1.82, 2.24) is 10.3 Å². The molecule has 2 N–H and O–H groups in total. The second kappa shape index (κ2) is 6.42. The van der Waals surface area contributed by atoms with Crippen molar-refractivity contribution < 1.29 is 5.11 Å². The minimum atomic E-state index is -0.558. The largest absolute Gasteiger partial charge is 0.389 e. The number of pyridine rings is 1. The van der Waals surface area contributed by atoms with Gasteiger partial charge in [0.05, 0.1) is 11.3 Å². The molecule has 3 nitrogen and oxygen atoms in total. The molecule has 20 heavy (non-hydrogen) atoms. The van der Waals surface area contributed by atoms with Crippen LogP contribution in [0.2, 0.25) is 0 Å². The highest BCUT2D eigenvalue weighted by Gasteiger charge is 2.36. The molecule has 5 heteroatoms. The lowest BCUT2D eigenvalue weighted by molar-refractivity contribution is -0.0245. The molecule has 0 unspecified atom stereocenters. The van der Waals surface area contributed by atoms with Crippen LogP contribution in [-0.2, 0) is 6.54 Å². The Labute approximate surface area is 137 Å². The zero-order valence-electron chi connectivity index (χ0n) is 12.0. The third kappa shape index (κ3) is 4.52. The van der Waals surface area contributed by atoms with E-state index < -0.39 is 5.60 Å². The summed E-state index contributed by atoms with van der Waals surface area (Å²) in [7, 11) is 0. The van der Waals surface area contributed by atoms with Crippen molar-refractivity contribution in [3.63, 3.8) is 0 Å². The van der Waals surface area contributed by atoms with E-state index in [1.165, 1.54) is 0 Å². The highest BCUT2D eigenvalue weighted by atomic mass is 79.9. The normalized spacial score (nSPS) is 20.9. The van der Waals surface area contributed by atoms with Crippen molar-refractivity contribution in [2.24, 2.45) is 5.41 Å². The van der Waals surface area contributed by atoms with E-state index >= 15 is 0 Å². The van der Waals surface area contributed by atoms with Gasteiger partial charge in [0.1, 0.15) is 0 Å². The van der Waals surface area contributed by atoms with E-state index in [9.17, 15) is 5.11 Å². The molecule has 0 saturated heterocycles. The first-order valence-corrected chi connectivity index (χ1v) is 8.61. The molecule has 0 bridgehead atoms. The minimum Gasteiger partial charge on any atom is -0.389 e. The molecule has 112 valence electrons. The Bertz CT molecular complexity index is 467. The lowest BCUT2D eigenvalue weighted by Gasteiger charge is -2.40. The third-order valence-corrected chi connectivity index (χ3v) is 5.29. The van der Waals surface area contributed by atoms with Crippen LogP contribution in [0.1, 0.15) is 45.2 Å². The smallest absolute Gasteiger partial charge is 0.0772 e. The van der Waals surface area contributed by atoms with Gasteiger partial charge in [-0.2, -0.15) is 0 Å². The molecule has 1 heterocycles. The second-order valence-corrected chi connectivity index (χ2v) is 8.34. The van der Waals surface area contributed by atoms with Crippen LogP contribution in [0.3, 0.4) is 0 Å². The minimum absolute atomic E-state index is 0.378. The first kappa shape index (κ1) is 16.4. The predicted molar refractivity (Wildman–Crippen MR) is 88.5 cm³/mol.